The zero-order valence-corrected chi connectivity index (χ0v) is 13.4. The van der Waals surface area contributed by atoms with Gasteiger partial charge in [-0.25, -0.2) is 9.78 Å². The Morgan fingerprint density at radius 3 is 3.04 bits per heavy atom. The quantitative estimate of drug-likeness (QED) is 0.788. The third kappa shape index (κ3) is 4.36. The lowest BCUT2D eigenvalue weighted by atomic mass is 10.1. The minimum atomic E-state index is -1.05. The normalized spacial score (nSPS) is 16.6. The molecule has 1 fully saturated rings. The third-order valence-corrected chi connectivity index (χ3v) is 3.75. The Labute approximate surface area is 143 Å². The van der Waals surface area contributed by atoms with Crippen LogP contribution in [0.5, 0.6) is 5.75 Å². The molecule has 0 aliphatic carbocycles. The van der Waals surface area contributed by atoms with Crippen LogP contribution in [0.2, 0.25) is 0 Å². The summed E-state index contributed by atoms with van der Waals surface area (Å²) in [6, 6.07) is 6.86. The number of benzene rings is 1. The summed E-state index contributed by atoms with van der Waals surface area (Å²) in [6.45, 7) is 0.482. The topological polar surface area (TPSA) is 111 Å². The van der Waals surface area contributed by atoms with Crippen LogP contribution in [0.3, 0.4) is 0 Å². The monoisotopic (exact) mass is 346 g/mol. The minimum absolute atomic E-state index is 0.226. The summed E-state index contributed by atoms with van der Waals surface area (Å²) < 4.78 is 16.0. The van der Waals surface area contributed by atoms with Crippen molar-refractivity contribution in [2.45, 2.75) is 25.5 Å². The summed E-state index contributed by atoms with van der Waals surface area (Å²) in [5.41, 5.74) is 1.00. The van der Waals surface area contributed by atoms with Gasteiger partial charge in [-0.15, -0.1) is 0 Å². The van der Waals surface area contributed by atoms with Crippen LogP contribution in [-0.2, 0) is 16.1 Å². The number of nitrogens with zero attached hydrogens (tertiary/aromatic N) is 1. The van der Waals surface area contributed by atoms with E-state index in [-0.39, 0.29) is 24.2 Å². The van der Waals surface area contributed by atoms with E-state index in [9.17, 15) is 9.59 Å². The summed E-state index contributed by atoms with van der Waals surface area (Å²) >= 11 is 0. The number of aliphatic carboxylic acids is 1. The fourth-order valence-corrected chi connectivity index (χ4v) is 2.59. The number of carbonyl (C=O) groups is 2. The number of aromatic nitrogens is 1. The average molecular weight is 346 g/mol. The molecule has 1 saturated heterocycles. The molecular weight excluding hydrogens is 328 g/mol. The van der Waals surface area contributed by atoms with Gasteiger partial charge in [-0.05, 0) is 30.5 Å². The molecule has 132 valence electrons. The molecule has 0 radical (unpaired) electrons. The van der Waals surface area contributed by atoms with E-state index in [2.05, 4.69) is 10.3 Å². The van der Waals surface area contributed by atoms with Crippen LogP contribution in [0.4, 0.5) is 0 Å². The van der Waals surface area contributed by atoms with Crippen LogP contribution in [0.1, 0.15) is 40.8 Å². The van der Waals surface area contributed by atoms with Gasteiger partial charge in [-0.3, -0.25) is 4.79 Å². The molecule has 1 aromatic heterocycles. The van der Waals surface area contributed by atoms with Crippen LogP contribution in [0.25, 0.3) is 0 Å². The molecule has 25 heavy (non-hydrogen) atoms. The summed E-state index contributed by atoms with van der Waals surface area (Å²) in [4.78, 5) is 26.9. The van der Waals surface area contributed by atoms with Crippen molar-refractivity contribution >= 4 is 11.9 Å². The summed E-state index contributed by atoms with van der Waals surface area (Å²) in [7, 11) is 0. The molecule has 1 atom stereocenters. The predicted octanol–water partition coefficient (Wildman–Crippen LogP) is 1.92. The molecule has 0 spiro atoms. The number of hydrogen-bond donors (Lipinski definition) is 2. The molecule has 0 bridgehead atoms. The predicted molar refractivity (Wildman–Crippen MR) is 85.2 cm³/mol. The van der Waals surface area contributed by atoms with Crippen molar-refractivity contribution in [2.24, 2.45) is 0 Å². The molecular formula is C17H18N2O6. The van der Waals surface area contributed by atoms with Crippen LogP contribution >= 0.6 is 0 Å². The van der Waals surface area contributed by atoms with Gasteiger partial charge in [0.05, 0.1) is 0 Å². The highest BCUT2D eigenvalue weighted by Crippen LogP contribution is 2.30. The number of nitrogens with one attached hydrogen (secondary N) is 1. The van der Waals surface area contributed by atoms with Crippen molar-refractivity contribution in [1.29, 1.82) is 0 Å². The lowest BCUT2D eigenvalue weighted by molar-refractivity contribution is -0.139. The second-order valence-corrected chi connectivity index (χ2v) is 5.58. The second-order valence-electron chi connectivity index (χ2n) is 5.58. The molecule has 1 aromatic carbocycles. The molecule has 1 aliphatic heterocycles. The van der Waals surface area contributed by atoms with Gasteiger partial charge in [0.15, 0.2) is 24.5 Å². The smallest absolute Gasteiger partial charge is 0.341 e. The molecule has 2 aromatic rings. The van der Waals surface area contributed by atoms with Gasteiger partial charge in [0.2, 0.25) is 0 Å². The fraction of sp³-hybridized carbons (Fsp3) is 0.353. The van der Waals surface area contributed by atoms with Gasteiger partial charge < -0.3 is 24.3 Å². The van der Waals surface area contributed by atoms with E-state index in [1.807, 2.05) is 0 Å². The van der Waals surface area contributed by atoms with Gasteiger partial charge in [-0.2, -0.15) is 0 Å². The molecule has 2 heterocycles. The molecule has 0 unspecified atom stereocenters. The van der Waals surface area contributed by atoms with Gasteiger partial charge in [0.25, 0.3) is 5.91 Å². The highest BCUT2D eigenvalue weighted by Gasteiger charge is 2.27. The van der Waals surface area contributed by atoms with Crippen molar-refractivity contribution in [1.82, 2.24) is 10.3 Å². The molecule has 3 rings (SSSR count). The zero-order valence-electron chi connectivity index (χ0n) is 13.4. The van der Waals surface area contributed by atoms with E-state index in [0.29, 0.717) is 18.1 Å². The molecule has 0 saturated carbocycles. The first-order valence-corrected chi connectivity index (χ1v) is 7.90. The van der Waals surface area contributed by atoms with Crippen LogP contribution < -0.4 is 10.1 Å². The first-order chi connectivity index (χ1) is 12.1. The Bertz CT molecular complexity index is 751. The number of carboxylic acids is 1. The van der Waals surface area contributed by atoms with E-state index in [0.717, 1.165) is 18.4 Å². The van der Waals surface area contributed by atoms with E-state index < -0.39 is 12.6 Å². The maximum Gasteiger partial charge on any atom is 0.341 e. The number of oxazole rings is 1. The molecule has 8 nitrogen and oxygen atoms in total. The number of amides is 1. The Balaban J connectivity index is 1.60. The summed E-state index contributed by atoms with van der Waals surface area (Å²) in [5.74, 6) is -0.522. The van der Waals surface area contributed by atoms with Crippen LogP contribution in [0, 0.1) is 0 Å². The van der Waals surface area contributed by atoms with E-state index in [4.69, 9.17) is 19.0 Å². The Hall–Kier alpha value is -2.87. The lowest BCUT2D eigenvalue weighted by Crippen LogP contribution is -2.24. The van der Waals surface area contributed by atoms with Crippen LogP contribution in [-0.4, -0.2) is 35.2 Å². The Morgan fingerprint density at radius 2 is 2.28 bits per heavy atom. The van der Waals surface area contributed by atoms with Crippen molar-refractivity contribution in [3.63, 3.8) is 0 Å². The average Bonchev–Trinajstić information content (AvgIpc) is 3.29. The lowest BCUT2D eigenvalue weighted by Gasteiger charge is -2.09. The zero-order chi connectivity index (χ0) is 17.6. The summed E-state index contributed by atoms with van der Waals surface area (Å²) in [5, 5.41) is 11.4. The summed E-state index contributed by atoms with van der Waals surface area (Å²) in [6.07, 6.45) is 2.75. The SMILES string of the molecule is O=C(O)COc1cccc(CNC(=O)c2ncoc2[C@@H]2CCCO2)c1. The van der Waals surface area contributed by atoms with E-state index >= 15 is 0 Å². The largest absolute Gasteiger partial charge is 0.482 e. The standard InChI is InChI=1S/C17H18N2O6/c20-14(21)9-24-12-4-1-3-11(7-12)8-18-17(22)15-16(25-10-19-15)13-5-2-6-23-13/h1,3-4,7,10,13H,2,5-6,8-9H2,(H,18,22)(H,20,21)/t13-/m0/s1. The maximum absolute atomic E-state index is 12.4. The first-order valence-electron chi connectivity index (χ1n) is 7.90. The molecule has 1 aliphatic rings. The van der Waals surface area contributed by atoms with Gasteiger partial charge in [-0.1, -0.05) is 12.1 Å². The van der Waals surface area contributed by atoms with E-state index in [1.54, 1.807) is 24.3 Å². The van der Waals surface area contributed by atoms with Crippen molar-refractivity contribution < 1.29 is 28.6 Å². The highest BCUT2D eigenvalue weighted by molar-refractivity contribution is 5.93. The van der Waals surface area contributed by atoms with Gasteiger partial charge >= 0.3 is 5.97 Å². The number of carboxylic acid groups (broad SMARTS) is 1. The second kappa shape index (κ2) is 7.80. The maximum atomic E-state index is 12.4. The highest BCUT2D eigenvalue weighted by atomic mass is 16.5. The fourth-order valence-electron chi connectivity index (χ4n) is 2.59. The van der Waals surface area contributed by atoms with Crippen molar-refractivity contribution in [2.75, 3.05) is 13.2 Å². The molecule has 2 N–H and O–H groups in total. The Kier molecular flexibility index (Phi) is 5.30. The van der Waals surface area contributed by atoms with Crippen molar-refractivity contribution in [3.8, 4) is 5.75 Å². The van der Waals surface area contributed by atoms with Gasteiger partial charge in [0.1, 0.15) is 11.9 Å². The molecule has 1 amide bonds. The Morgan fingerprint density at radius 1 is 1.40 bits per heavy atom. The number of carbonyl (C=O) groups excluding carboxylic acids is 1. The number of hydrogen-bond acceptors (Lipinski definition) is 6. The minimum Gasteiger partial charge on any atom is -0.482 e. The number of ether oxygens (including phenoxy) is 2. The van der Waals surface area contributed by atoms with E-state index in [1.165, 1.54) is 6.39 Å². The van der Waals surface area contributed by atoms with Crippen molar-refractivity contribution in [3.05, 3.63) is 47.7 Å². The molecule has 8 heteroatoms. The van der Waals surface area contributed by atoms with Gasteiger partial charge in [0, 0.05) is 13.2 Å². The first kappa shape index (κ1) is 17.0. The van der Waals surface area contributed by atoms with Crippen LogP contribution in [0.15, 0.2) is 35.1 Å². The number of rotatable bonds is 7. The third-order valence-electron chi connectivity index (χ3n) is 3.75.